The van der Waals surface area contributed by atoms with E-state index in [2.05, 4.69) is 10.4 Å². The molecular formula is C23H23N3O5. The predicted molar refractivity (Wildman–Crippen MR) is 114 cm³/mol. The second-order valence-corrected chi connectivity index (χ2v) is 6.68. The van der Waals surface area contributed by atoms with Crippen LogP contribution in [0.2, 0.25) is 0 Å². The zero-order valence-corrected chi connectivity index (χ0v) is 17.1. The van der Waals surface area contributed by atoms with Crippen LogP contribution in [-0.2, 0) is 22.5 Å². The van der Waals surface area contributed by atoms with Crippen LogP contribution < -0.4 is 15.6 Å². The molecule has 0 radical (unpaired) electrons. The number of aromatic nitrogens is 2. The molecule has 31 heavy (non-hydrogen) atoms. The standard InChI is InChI=1S/C23H23N3O5/c1-30-23(29)20(16-17-8-4-2-5-9-17)24-22(28)19-12-13-21(27)26(25-19)14-15-31-18-10-6-3-7-11-18/h2-13,20H,14-16H2,1H3,(H,24,28)/t20-/m1/s1. The van der Waals surface area contributed by atoms with Crippen LogP contribution in [0, 0.1) is 0 Å². The molecule has 0 spiro atoms. The Balaban J connectivity index is 1.67. The summed E-state index contributed by atoms with van der Waals surface area (Å²) in [7, 11) is 1.26. The summed E-state index contributed by atoms with van der Waals surface area (Å²) in [5, 5.41) is 6.75. The van der Waals surface area contributed by atoms with Crippen molar-refractivity contribution in [2.24, 2.45) is 0 Å². The fourth-order valence-corrected chi connectivity index (χ4v) is 2.91. The first-order chi connectivity index (χ1) is 15.1. The van der Waals surface area contributed by atoms with Gasteiger partial charge in [0.05, 0.1) is 13.7 Å². The maximum absolute atomic E-state index is 12.7. The zero-order chi connectivity index (χ0) is 22.1. The molecule has 8 heteroatoms. The van der Waals surface area contributed by atoms with Gasteiger partial charge in [0.2, 0.25) is 0 Å². The Bertz CT molecular complexity index is 1070. The summed E-state index contributed by atoms with van der Waals surface area (Å²) in [6, 6.07) is 20.1. The number of rotatable bonds is 9. The van der Waals surface area contributed by atoms with Gasteiger partial charge < -0.3 is 14.8 Å². The monoisotopic (exact) mass is 421 g/mol. The number of esters is 1. The predicted octanol–water partition coefficient (Wildman–Crippen LogP) is 1.84. The fourth-order valence-electron chi connectivity index (χ4n) is 2.91. The van der Waals surface area contributed by atoms with Crippen LogP contribution in [0.4, 0.5) is 0 Å². The number of methoxy groups -OCH3 is 1. The summed E-state index contributed by atoms with van der Waals surface area (Å²) in [4.78, 5) is 36.9. The minimum atomic E-state index is -0.886. The molecule has 0 unspecified atom stereocenters. The molecule has 1 amide bonds. The lowest BCUT2D eigenvalue weighted by atomic mass is 10.1. The smallest absolute Gasteiger partial charge is 0.328 e. The third-order valence-corrected chi connectivity index (χ3v) is 4.49. The summed E-state index contributed by atoms with van der Waals surface area (Å²) < 4.78 is 11.5. The van der Waals surface area contributed by atoms with E-state index in [9.17, 15) is 14.4 Å². The van der Waals surface area contributed by atoms with Crippen LogP contribution in [0.3, 0.4) is 0 Å². The number of nitrogens with one attached hydrogen (secondary N) is 1. The Hall–Kier alpha value is -3.94. The van der Waals surface area contributed by atoms with Crippen LogP contribution in [0.5, 0.6) is 5.75 Å². The summed E-state index contributed by atoms with van der Waals surface area (Å²) >= 11 is 0. The maximum Gasteiger partial charge on any atom is 0.328 e. The molecule has 8 nitrogen and oxygen atoms in total. The Morgan fingerprint density at radius 1 is 1.00 bits per heavy atom. The van der Waals surface area contributed by atoms with E-state index in [1.165, 1.54) is 19.2 Å². The Morgan fingerprint density at radius 3 is 2.35 bits per heavy atom. The molecule has 0 fully saturated rings. The molecule has 0 aliphatic rings. The van der Waals surface area contributed by atoms with Crippen molar-refractivity contribution in [3.8, 4) is 5.75 Å². The second-order valence-electron chi connectivity index (χ2n) is 6.68. The molecule has 1 aromatic heterocycles. The summed E-state index contributed by atoms with van der Waals surface area (Å²) in [5.41, 5.74) is 0.525. The van der Waals surface area contributed by atoms with Crippen LogP contribution in [0.25, 0.3) is 0 Å². The fraction of sp³-hybridized carbons (Fsp3) is 0.217. The highest BCUT2D eigenvalue weighted by molar-refractivity contribution is 5.95. The largest absolute Gasteiger partial charge is 0.492 e. The van der Waals surface area contributed by atoms with Crippen molar-refractivity contribution in [2.75, 3.05) is 13.7 Å². The van der Waals surface area contributed by atoms with Crippen molar-refractivity contribution < 1.29 is 19.1 Å². The topological polar surface area (TPSA) is 99.5 Å². The molecule has 0 aliphatic carbocycles. The first kappa shape index (κ1) is 21.8. The number of carbonyl (C=O) groups is 2. The highest BCUT2D eigenvalue weighted by Crippen LogP contribution is 2.08. The number of ether oxygens (including phenoxy) is 2. The number of hydrogen-bond acceptors (Lipinski definition) is 6. The molecule has 2 aromatic carbocycles. The number of carbonyl (C=O) groups excluding carboxylic acids is 2. The molecule has 3 aromatic rings. The van der Waals surface area contributed by atoms with Crippen LogP contribution >= 0.6 is 0 Å². The van der Waals surface area contributed by atoms with E-state index in [1.807, 2.05) is 48.5 Å². The minimum absolute atomic E-state index is 0.0151. The molecule has 3 rings (SSSR count). The van der Waals surface area contributed by atoms with Gasteiger partial charge in [0.15, 0.2) is 0 Å². The molecule has 0 saturated carbocycles. The first-order valence-corrected chi connectivity index (χ1v) is 9.75. The number of amides is 1. The summed E-state index contributed by atoms with van der Waals surface area (Å²) in [5.74, 6) is -0.475. The van der Waals surface area contributed by atoms with Gasteiger partial charge in [-0.25, -0.2) is 9.48 Å². The minimum Gasteiger partial charge on any atom is -0.492 e. The van der Waals surface area contributed by atoms with Gasteiger partial charge in [-0.3, -0.25) is 9.59 Å². The summed E-state index contributed by atoms with van der Waals surface area (Å²) in [6.07, 6.45) is 0.268. The van der Waals surface area contributed by atoms with Crippen molar-refractivity contribution in [3.63, 3.8) is 0 Å². The van der Waals surface area contributed by atoms with E-state index in [0.29, 0.717) is 5.75 Å². The average molecular weight is 421 g/mol. The lowest BCUT2D eigenvalue weighted by Crippen LogP contribution is -2.43. The van der Waals surface area contributed by atoms with E-state index in [-0.39, 0.29) is 30.8 Å². The third kappa shape index (κ3) is 6.27. The van der Waals surface area contributed by atoms with E-state index < -0.39 is 17.9 Å². The molecule has 1 atom stereocenters. The van der Waals surface area contributed by atoms with Gasteiger partial charge >= 0.3 is 5.97 Å². The van der Waals surface area contributed by atoms with Gasteiger partial charge in [-0.2, -0.15) is 5.10 Å². The van der Waals surface area contributed by atoms with Gasteiger partial charge in [0.1, 0.15) is 24.1 Å². The first-order valence-electron chi connectivity index (χ1n) is 9.75. The van der Waals surface area contributed by atoms with E-state index in [4.69, 9.17) is 9.47 Å². The maximum atomic E-state index is 12.7. The van der Waals surface area contributed by atoms with Crippen molar-refractivity contribution in [1.29, 1.82) is 0 Å². The van der Waals surface area contributed by atoms with Crippen LogP contribution in [0.15, 0.2) is 77.6 Å². The second kappa shape index (κ2) is 10.7. The summed E-state index contributed by atoms with van der Waals surface area (Å²) in [6.45, 7) is 0.375. The number of hydrogen-bond donors (Lipinski definition) is 1. The molecule has 0 saturated heterocycles. The average Bonchev–Trinajstić information content (AvgIpc) is 2.80. The lowest BCUT2D eigenvalue weighted by molar-refractivity contribution is -0.142. The number of benzene rings is 2. The van der Waals surface area contributed by atoms with E-state index in [1.54, 1.807) is 12.1 Å². The van der Waals surface area contributed by atoms with Crippen molar-refractivity contribution >= 4 is 11.9 Å². The van der Waals surface area contributed by atoms with Gasteiger partial charge in [-0.15, -0.1) is 0 Å². The highest BCUT2D eigenvalue weighted by Gasteiger charge is 2.23. The molecule has 1 N–H and O–H groups in total. The normalized spacial score (nSPS) is 11.4. The molecule has 0 bridgehead atoms. The van der Waals surface area contributed by atoms with E-state index in [0.717, 1.165) is 10.2 Å². The lowest BCUT2D eigenvalue weighted by Gasteiger charge is -2.16. The number of nitrogens with zero attached hydrogens (tertiary/aromatic N) is 2. The Kier molecular flexibility index (Phi) is 7.53. The van der Waals surface area contributed by atoms with E-state index >= 15 is 0 Å². The van der Waals surface area contributed by atoms with Crippen molar-refractivity contribution in [2.45, 2.75) is 19.0 Å². The van der Waals surface area contributed by atoms with Crippen LogP contribution in [0.1, 0.15) is 16.1 Å². The Labute approximate surface area is 179 Å². The molecular weight excluding hydrogens is 398 g/mol. The Morgan fingerprint density at radius 2 is 1.68 bits per heavy atom. The van der Waals surface area contributed by atoms with Crippen LogP contribution in [-0.4, -0.2) is 41.4 Å². The SMILES string of the molecule is COC(=O)[C@@H](Cc1ccccc1)NC(=O)c1ccc(=O)n(CCOc2ccccc2)n1. The van der Waals surface area contributed by atoms with Crippen molar-refractivity contribution in [3.05, 3.63) is 94.4 Å². The van der Waals surface area contributed by atoms with Gasteiger partial charge in [-0.1, -0.05) is 48.5 Å². The molecule has 0 aliphatic heterocycles. The number of para-hydroxylation sites is 1. The highest BCUT2D eigenvalue weighted by atomic mass is 16.5. The molecule has 1 heterocycles. The molecule has 160 valence electrons. The van der Waals surface area contributed by atoms with Crippen molar-refractivity contribution in [1.82, 2.24) is 15.1 Å². The quantitative estimate of drug-likeness (QED) is 0.529. The van der Waals surface area contributed by atoms with Gasteiger partial charge in [-0.05, 0) is 23.8 Å². The van der Waals surface area contributed by atoms with Gasteiger partial charge in [0.25, 0.3) is 11.5 Å². The van der Waals surface area contributed by atoms with Gasteiger partial charge in [0, 0.05) is 12.5 Å². The third-order valence-electron chi connectivity index (χ3n) is 4.49. The zero-order valence-electron chi connectivity index (χ0n) is 17.1.